The van der Waals surface area contributed by atoms with Gasteiger partial charge >= 0.3 is 0 Å². The van der Waals surface area contributed by atoms with Crippen molar-refractivity contribution >= 4 is 0 Å². The van der Waals surface area contributed by atoms with Gasteiger partial charge in [-0.1, -0.05) is 43.7 Å². The maximum Gasteiger partial charge on any atom is 0.171 e. The standard InChI is InChI=1S/C27H25F5O/c1-3-5-16-8-6-15(14-20(16)28)7-9-17-10-11-18-19-12-13-21(33-4-2)25(30)23(19)27(32)26(31)22(18)24(17)29/h6,8,10-14,26-27H,3-5,7,9H2,1-2H3. The van der Waals surface area contributed by atoms with E-state index in [1.165, 1.54) is 30.3 Å². The van der Waals surface area contributed by atoms with E-state index < -0.39 is 35.1 Å². The fraction of sp³-hybridized carbons (Fsp3) is 0.333. The molecule has 0 fully saturated rings. The third-order valence-electron chi connectivity index (χ3n) is 6.12. The Kier molecular flexibility index (Phi) is 6.73. The lowest BCUT2D eigenvalue weighted by atomic mass is 9.81. The van der Waals surface area contributed by atoms with E-state index in [1.54, 1.807) is 19.1 Å². The van der Waals surface area contributed by atoms with Gasteiger partial charge in [-0.2, -0.15) is 0 Å². The molecule has 4 rings (SSSR count). The van der Waals surface area contributed by atoms with E-state index in [0.717, 1.165) is 6.42 Å². The number of rotatable bonds is 7. The average molecular weight is 460 g/mol. The van der Waals surface area contributed by atoms with Crippen molar-refractivity contribution in [1.82, 2.24) is 0 Å². The van der Waals surface area contributed by atoms with Crippen LogP contribution in [-0.2, 0) is 19.3 Å². The van der Waals surface area contributed by atoms with Crippen molar-refractivity contribution in [3.05, 3.63) is 87.7 Å². The summed E-state index contributed by atoms with van der Waals surface area (Å²) >= 11 is 0. The lowest BCUT2D eigenvalue weighted by molar-refractivity contribution is 0.159. The maximum absolute atomic E-state index is 15.3. The van der Waals surface area contributed by atoms with Crippen molar-refractivity contribution in [2.45, 2.75) is 51.9 Å². The number of fused-ring (bicyclic) bond motifs is 3. The van der Waals surface area contributed by atoms with Gasteiger partial charge in [-0.25, -0.2) is 22.0 Å². The number of hydrogen-bond acceptors (Lipinski definition) is 1. The quantitative estimate of drug-likeness (QED) is 0.325. The Balaban J connectivity index is 1.66. The molecule has 0 aliphatic heterocycles. The zero-order valence-corrected chi connectivity index (χ0v) is 18.5. The molecule has 3 aromatic rings. The van der Waals surface area contributed by atoms with E-state index in [1.807, 2.05) is 6.92 Å². The molecule has 0 saturated heterocycles. The molecule has 3 aromatic carbocycles. The highest BCUT2D eigenvalue weighted by Crippen LogP contribution is 2.51. The Morgan fingerprint density at radius 2 is 1.36 bits per heavy atom. The van der Waals surface area contributed by atoms with Gasteiger partial charge in [0.2, 0.25) is 0 Å². The van der Waals surface area contributed by atoms with Crippen LogP contribution in [0.2, 0.25) is 0 Å². The van der Waals surface area contributed by atoms with Gasteiger partial charge in [0.15, 0.2) is 23.9 Å². The van der Waals surface area contributed by atoms with Crippen LogP contribution in [0, 0.1) is 17.5 Å². The number of ether oxygens (including phenoxy) is 1. The predicted octanol–water partition coefficient (Wildman–Crippen LogP) is 7.94. The number of alkyl halides is 2. The molecular formula is C27H25F5O. The van der Waals surface area contributed by atoms with Crippen molar-refractivity contribution in [2.75, 3.05) is 6.61 Å². The fourth-order valence-corrected chi connectivity index (χ4v) is 4.47. The Morgan fingerprint density at radius 1 is 0.727 bits per heavy atom. The van der Waals surface area contributed by atoms with Gasteiger partial charge < -0.3 is 4.74 Å². The van der Waals surface area contributed by atoms with Crippen LogP contribution < -0.4 is 4.74 Å². The highest BCUT2D eigenvalue weighted by Gasteiger charge is 2.39. The molecule has 0 saturated carbocycles. The third kappa shape index (κ3) is 4.23. The Labute approximate surface area is 190 Å². The maximum atomic E-state index is 15.3. The summed E-state index contributed by atoms with van der Waals surface area (Å²) in [5.74, 6) is -2.27. The summed E-state index contributed by atoms with van der Waals surface area (Å²) in [6.07, 6.45) is -2.68. The monoisotopic (exact) mass is 460 g/mol. The Morgan fingerprint density at radius 3 is 2.00 bits per heavy atom. The normalized spacial score (nSPS) is 16.9. The molecule has 6 heteroatoms. The second kappa shape index (κ2) is 9.54. The first-order valence-corrected chi connectivity index (χ1v) is 11.2. The summed E-state index contributed by atoms with van der Waals surface area (Å²) < 4.78 is 79.5. The zero-order chi connectivity index (χ0) is 23.7. The highest BCUT2D eigenvalue weighted by molar-refractivity contribution is 5.76. The Bertz CT molecular complexity index is 1170. The lowest BCUT2D eigenvalue weighted by Crippen LogP contribution is -2.17. The first-order chi connectivity index (χ1) is 15.9. The topological polar surface area (TPSA) is 9.23 Å². The van der Waals surface area contributed by atoms with Gasteiger partial charge in [0.25, 0.3) is 0 Å². The molecule has 33 heavy (non-hydrogen) atoms. The van der Waals surface area contributed by atoms with Crippen LogP contribution in [0.5, 0.6) is 5.75 Å². The number of halogens is 5. The van der Waals surface area contributed by atoms with E-state index in [-0.39, 0.29) is 41.3 Å². The van der Waals surface area contributed by atoms with Crippen LogP contribution in [0.3, 0.4) is 0 Å². The number of hydrogen-bond donors (Lipinski definition) is 0. The number of aryl methyl sites for hydroxylation is 3. The first kappa shape index (κ1) is 23.3. The SMILES string of the molecule is CCCc1ccc(CCc2ccc3c(c2F)C(F)C(F)c2c-3ccc(OCC)c2F)cc1F. The van der Waals surface area contributed by atoms with Gasteiger partial charge in [-0.05, 0) is 66.1 Å². The molecular weight excluding hydrogens is 435 g/mol. The second-order valence-electron chi connectivity index (χ2n) is 8.25. The minimum absolute atomic E-state index is 0.117. The van der Waals surface area contributed by atoms with E-state index in [2.05, 4.69) is 0 Å². The van der Waals surface area contributed by atoms with Crippen LogP contribution in [0.15, 0.2) is 42.5 Å². The molecule has 1 nitrogen and oxygen atoms in total. The van der Waals surface area contributed by atoms with Gasteiger partial charge in [0.1, 0.15) is 11.6 Å². The minimum Gasteiger partial charge on any atom is -0.491 e. The van der Waals surface area contributed by atoms with Gasteiger partial charge in [-0.15, -0.1) is 0 Å². The van der Waals surface area contributed by atoms with Crippen molar-refractivity contribution < 1.29 is 26.7 Å². The van der Waals surface area contributed by atoms with Crippen LogP contribution in [0.1, 0.15) is 60.4 Å². The molecule has 0 bridgehead atoms. The zero-order valence-electron chi connectivity index (χ0n) is 18.5. The number of benzene rings is 3. The molecule has 0 aromatic heterocycles. The van der Waals surface area contributed by atoms with E-state index >= 15 is 8.78 Å². The molecule has 2 atom stereocenters. The molecule has 1 aliphatic rings. The summed E-state index contributed by atoms with van der Waals surface area (Å²) in [6.45, 7) is 3.80. The third-order valence-corrected chi connectivity index (χ3v) is 6.12. The molecule has 0 amide bonds. The molecule has 0 N–H and O–H groups in total. The van der Waals surface area contributed by atoms with Crippen LogP contribution >= 0.6 is 0 Å². The molecule has 0 heterocycles. The van der Waals surface area contributed by atoms with Crippen LogP contribution in [-0.4, -0.2) is 6.61 Å². The molecule has 0 spiro atoms. The lowest BCUT2D eigenvalue weighted by Gasteiger charge is -2.28. The molecule has 174 valence electrons. The van der Waals surface area contributed by atoms with E-state index in [9.17, 15) is 13.2 Å². The molecule has 0 radical (unpaired) electrons. The van der Waals surface area contributed by atoms with Crippen molar-refractivity contribution in [3.63, 3.8) is 0 Å². The fourth-order valence-electron chi connectivity index (χ4n) is 4.47. The Hall–Kier alpha value is -2.89. The largest absolute Gasteiger partial charge is 0.491 e. The second-order valence-corrected chi connectivity index (χ2v) is 8.25. The summed E-state index contributed by atoms with van der Waals surface area (Å²) in [7, 11) is 0. The van der Waals surface area contributed by atoms with Gasteiger partial charge in [0.05, 0.1) is 6.61 Å². The van der Waals surface area contributed by atoms with E-state index in [0.29, 0.717) is 24.0 Å². The van der Waals surface area contributed by atoms with Gasteiger partial charge in [-0.3, -0.25) is 0 Å². The predicted molar refractivity (Wildman–Crippen MR) is 118 cm³/mol. The first-order valence-electron chi connectivity index (χ1n) is 11.2. The summed E-state index contributed by atoms with van der Waals surface area (Å²) in [6, 6.07) is 10.7. The summed E-state index contributed by atoms with van der Waals surface area (Å²) in [4.78, 5) is 0. The molecule has 1 aliphatic carbocycles. The highest BCUT2D eigenvalue weighted by atomic mass is 19.2. The van der Waals surface area contributed by atoms with Crippen LogP contribution in [0.25, 0.3) is 11.1 Å². The summed E-state index contributed by atoms with van der Waals surface area (Å²) in [5, 5.41) is 0. The van der Waals surface area contributed by atoms with Crippen molar-refractivity contribution in [1.29, 1.82) is 0 Å². The van der Waals surface area contributed by atoms with Crippen LogP contribution in [0.4, 0.5) is 22.0 Å². The van der Waals surface area contributed by atoms with Crippen molar-refractivity contribution in [2.24, 2.45) is 0 Å². The molecule has 2 unspecified atom stereocenters. The average Bonchev–Trinajstić information content (AvgIpc) is 2.79. The van der Waals surface area contributed by atoms with E-state index in [4.69, 9.17) is 4.74 Å². The smallest absolute Gasteiger partial charge is 0.171 e. The minimum atomic E-state index is -2.35. The summed E-state index contributed by atoms with van der Waals surface area (Å²) in [5.41, 5.74) is 0.929. The van der Waals surface area contributed by atoms with Gasteiger partial charge in [0, 0.05) is 11.1 Å². The van der Waals surface area contributed by atoms with Crippen molar-refractivity contribution in [3.8, 4) is 16.9 Å².